The molecule has 1 aromatic rings. The summed E-state index contributed by atoms with van der Waals surface area (Å²) in [7, 11) is 0. The Kier molecular flexibility index (Phi) is 6.92. The Bertz CT molecular complexity index is 747. The van der Waals surface area contributed by atoms with Crippen molar-refractivity contribution in [3.05, 3.63) is 29.3 Å². The Morgan fingerprint density at radius 1 is 1.26 bits per heavy atom. The van der Waals surface area contributed by atoms with Gasteiger partial charge in [0.25, 0.3) is 5.91 Å². The minimum Gasteiger partial charge on any atom is -0.455 e. The second kappa shape index (κ2) is 9.16. The first-order valence-electron chi connectivity index (χ1n) is 8.94. The van der Waals surface area contributed by atoms with Crippen LogP contribution in [0.15, 0.2) is 18.2 Å². The SMILES string of the molecule is CCCNC(=O)NC(=O)COC(=O)[C@H]1CC(=O)N(c2cccc(C)c2C)C1. The van der Waals surface area contributed by atoms with E-state index in [0.717, 1.165) is 23.2 Å². The van der Waals surface area contributed by atoms with Crippen molar-refractivity contribution in [1.82, 2.24) is 10.6 Å². The highest BCUT2D eigenvalue weighted by Crippen LogP contribution is 2.29. The van der Waals surface area contributed by atoms with E-state index in [0.29, 0.717) is 6.54 Å². The molecule has 0 aliphatic carbocycles. The average Bonchev–Trinajstić information content (AvgIpc) is 3.02. The van der Waals surface area contributed by atoms with E-state index in [1.54, 1.807) is 4.90 Å². The Labute approximate surface area is 158 Å². The van der Waals surface area contributed by atoms with Gasteiger partial charge in [-0.25, -0.2) is 4.79 Å². The van der Waals surface area contributed by atoms with Gasteiger partial charge in [-0.15, -0.1) is 0 Å². The van der Waals surface area contributed by atoms with Crippen molar-refractivity contribution in [2.75, 3.05) is 24.6 Å². The fourth-order valence-electron chi connectivity index (χ4n) is 2.83. The number of aryl methyl sites for hydroxylation is 1. The van der Waals surface area contributed by atoms with Gasteiger partial charge in [-0.3, -0.25) is 19.7 Å². The number of amides is 4. The van der Waals surface area contributed by atoms with Gasteiger partial charge >= 0.3 is 12.0 Å². The summed E-state index contributed by atoms with van der Waals surface area (Å²) < 4.78 is 4.97. The molecule has 1 heterocycles. The fourth-order valence-corrected chi connectivity index (χ4v) is 2.83. The molecular formula is C19H25N3O5. The first-order chi connectivity index (χ1) is 12.8. The molecule has 1 fully saturated rings. The number of imide groups is 1. The highest BCUT2D eigenvalue weighted by molar-refractivity contribution is 6.00. The van der Waals surface area contributed by atoms with Crippen molar-refractivity contribution in [2.45, 2.75) is 33.6 Å². The lowest BCUT2D eigenvalue weighted by atomic mass is 10.1. The lowest BCUT2D eigenvalue weighted by Gasteiger charge is -2.20. The molecule has 2 N–H and O–H groups in total. The predicted molar refractivity (Wildman–Crippen MR) is 99.2 cm³/mol. The quantitative estimate of drug-likeness (QED) is 0.732. The molecule has 4 amide bonds. The Balaban J connectivity index is 1.87. The smallest absolute Gasteiger partial charge is 0.321 e. The zero-order valence-corrected chi connectivity index (χ0v) is 15.8. The van der Waals surface area contributed by atoms with Crippen molar-refractivity contribution >= 4 is 29.5 Å². The molecular weight excluding hydrogens is 350 g/mol. The monoisotopic (exact) mass is 375 g/mol. The molecule has 0 unspecified atom stereocenters. The van der Waals surface area contributed by atoms with Gasteiger partial charge in [-0.2, -0.15) is 0 Å². The zero-order valence-electron chi connectivity index (χ0n) is 15.8. The first-order valence-corrected chi connectivity index (χ1v) is 8.94. The number of hydrogen-bond donors (Lipinski definition) is 2. The van der Waals surface area contributed by atoms with Gasteiger partial charge in [-0.05, 0) is 37.5 Å². The van der Waals surface area contributed by atoms with E-state index >= 15 is 0 Å². The molecule has 1 saturated heterocycles. The maximum Gasteiger partial charge on any atom is 0.321 e. The molecule has 1 aromatic carbocycles. The minimum absolute atomic E-state index is 0.0326. The third-order valence-corrected chi connectivity index (χ3v) is 4.46. The first kappa shape index (κ1) is 20.4. The summed E-state index contributed by atoms with van der Waals surface area (Å²) in [4.78, 5) is 49.1. The number of carbonyl (C=O) groups is 4. The van der Waals surface area contributed by atoms with Crippen LogP contribution in [-0.2, 0) is 19.1 Å². The fraction of sp³-hybridized carbons (Fsp3) is 0.474. The summed E-state index contributed by atoms with van der Waals surface area (Å²) in [5.41, 5.74) is 2.82. The van der Waals surface area contributed by atoms with Gasteiger partial charge in [0.2, 0.25) is 5.91 Å². The largest absolute Gasteiger partial charge is 0.455 e. The van der Waals surface area contributed by atoms with Gasteiger partial charge < -0.3 is 15.0 Å². The highest BCUT2D eigenvalue weighted by atomic mass is 16.5. The van der Waals surface area contributed by atoms with E-state index in [1.807, 2.05) is 39.0 Å². The number of carbonyl (C=O) groups excluding carboxylic acids is 4. The standard InChI is InChI=1S/C19H25N3O5/c1-4-8-20-19(26)21-16(23)11-27-18(25)14-9-17(24)22(10-14)15-7-5-6-12(2)13(15)3/h5-7,14H,4,8-11H2,1-3H3,(H2,20,21,23,26)/t14-/m0/s1. The van der Waals surface area contributed by atoms with Crippen molar-refractivity contribution in [3.8, 4) is 0 Å². The molecule has 8 heteroatoms. The molecule has 2 rings (SSSR count). The van der Waals surface area contributed by atoms with Gasteiger partial charge in [-0.1, -0.05) is 19.1 Å². The van der Waals surface area contributed by atoms with Crippen LogP contribution in [0, 0.1) is 19.8 Å². The van der Waals surface area contributed by atoms with Crippen molar-refractivity contribution in [1.29, 1.82) is 0 Å². The Hall–Kier alpha value is -2.90. The number of hydrogen-bond acceptors (Lipinski definition) is 5. The predicted octanol–water partition coefficient (Wildman–Crippen LogP) is 1.44. The second-order valence-electron chi connectivity index (χ2n) is 6.54. The minimum atomic E-state index is -0.715. The molecule has 0 spiro atoms. The van der Waals surface area contributed by atoms with Crippen LogP contribution in [0.2, 0.25) is 0 Å². The average molecular weight is 375 g/mol. The lowest BCUT2D eigenvalue weighted by molar-refractivity contribution is -0.152. The van der Waals surface area contributed by atoms with Crippen LogP contribution < -0.4 is 15.5 Å². The Morgan fingerprint density at radius 3 is 2.70 bits per heavy atom. The van der Waals surface area contributed by atoms with E-state index < -0.39 is 30.4 Å². The molecule has 1 aliphatic heterocycles. The van der Waals surface area contributed by atoms with Crippen LogP contribution in [0.1, 0.15) is 30.9 Å². The number of rotatable bonds is 6. The summed E-state index contributed by atoms with van der Waals surface area (Å²) in [6.07, 6.45) is 0.772. The van der Waals surface area contributed by atoms with E-state index in [2.05, 4.69) is 10.6 Å². The molecule has 0 aromatic heterocycles. The summed E-state index contributed by atoms with van der Waals surface area (Å²) in [6, 6.07) is 5.04. The van der Waals surface area contributed by atoms with Gasteiger partial charge in [0.05, 0.1) is 5.92 Å². The topological polar surface area (TPSA) is 105 Å². The van der Waals surface area contributed by atoms with Crippen LogP contribution in [0.3, 0.4) is 0 Å². The van der Waals surface area contributed by atoms with Crippen LogP contribution in [0.25, 0.3) is 0 Å². The number of nitrogens with one attached hydrogen (secondary N) is 2. The molecule has 0 bridgehead atoms. The van der Waals surface area contributed by atoms with Crippen LogP contribution >= 0.6 is 0 Å². The number of benzene rings is 1. The van der Waals surface area contributed by atoms with Crippen molar-refractivity contribution < 1.29 is 23.9 Å². The second-order valence-corrected chi connectivity index (χ2v) is 6.54. The van der Waals surface area contributed by atoms with Crippen LogP contribution in [0.5, 0.6) is 0 Å². The molecule has 1 atom stereocenters. The highest BCUT2D eigenvalue weighted by Gasteiger charge is 2.37. The van der Waals surface area contributed by atoms with E-state index in [9.17, 15) is 19.2 Å². The molecule has 0 saturated carbocycles. The van der Waals surface area contributed by atoms with E-state index in [4.69, 9.17) is 4.74 Å². The maximum atomic E-state index is 12.3. The molecule has 0 radical (unpaired) electrons. The number of anilines is 1. The van der Waals surface area contributed by atoms with Crippen LogP contribution in [-0.4, -0.2) is 43.5 Å². The Morgan fingerprint density at radius 2 is 2.00 bits per heavy atom. The number of ether oxygens (including phenoxy) is 1. The lowest BCUT2D eigenvalue weighted by Crippen LogP contribution is -2.42. The summed E-state index contributed by atoms with van der Waals surface area (Å²) in [6.45, 7) is 5.86. The third-order valence-electron chi connectivity index (χ3n) is 4.46. The molecule has 8 nitrogen and oxygen atoms in total. The normalized spacial score (nSPS) is 16.2. The maximum absolute atomic E-state index is 12.3. The van der Waals surface area contributed by atoms with Crippen LogP contribution in [0.4, 0.5) is 10.5 Å². The third kappa shape index (κ3) is 5.29. The summed E-state index contributed by atoms with van der Waals surface area (Å²) in [5, 5.41) is 4.56. The summed E-state index contributed by atoms with van der Waals surface area (Å²) >= 11 is 0. The molecule has 27 heavy (non-hydrogen) atoms. The van der Waals surface area contributed by atoms with Gasteiger partial charge in [0, 0.05) is 25.2 Å². The summed E-state index contributed by atoms with van der Waals surface area (Å²) in [5.74, 6) is -2.14. The van der Waals surface area contributed by atoms with Crippen molar-refractivity contribution in [2.24, 2.45) is 5.92 Å². The number of urea groups is 1. The van der Waals surface area contributed by atoms with E-state index in [1.165, 1.54) is 0 Å². The number of nitrogens with zero attached hydrogens (tertiary/aromatic N) is 1. The molecule has 1 aliphatic rings. The van der Waals surface area contributed by atoms with Gasteiger partial charge in [0.15, 0.2) is 6.61 Å². The van der Waals surface area contributed by atoms with E-state index in [-0.39, 0.29) is 18.9 Å². The molecule has 146 valence electrons. The number of esters is 1. The zero-order chi connectivity index (χ0) is 20.0. The van der Waals surface area contributed by atoms with Gasteiger partial charge in [0.1, 0.15) is 0 Å². The van der Waals surface area contributed by atoms with Crippen molar-refractivity contribution in [3.63, 3.8) is 0 Å².